The normalized spacial score (nSPS) is 15.8. The molecule has 1 amide bonds. The van der Waals surface area contributed by atoms with Crippen LogP contribution in [0.4, 0.5) is 5.69 Å². The van der Waals surface area contributed by atoms with Gasteiger partial charge in [0, 0.05) is 6.20 Å². The Morgan fingerprint density at radius 2 is 2.16 bits per heavy atom. The first-order valence-electron chi connectivity index (χ1n) is 7.65. The average Bonchev–Trinajstić information content (AvgIpc) is 3.24. The first-order chi connectivity index (χ1) is 12.2. The maximum absolute atomic E-state index is 12.1. The van der Waals surface area contributed by atoms with E-state index >= 15 is 0 Å². The number of nitrogens with one attached hydrogen (secondary N) is 1. The van der Waals surface area contributed by atoms with Crippen molar-refractivity contribution in [2.24, 2.45) is 0 Å². The molecule has 0 radical (unpaired) electrons. The fourth-order valence-electron chi connectivity index (χ4n) is 2.52. The van der Waals surface area contributed by atoms with Crippen LogP contribution in [-0.2, 0) is 6.54 Å². The van der Waals surface area contributed by atoms with Gasteiger partial charge >= 0.3 is 0 Å². The maximum Gasteiger partial charge on any atom is 0.265 e. The summed E-state index contributed by atoms with van der Waals surface area (Å²) in [5, 5.41) is 7.06. The molecule has 6 nitrogen and oxygen atoms in total. The van der Waals surface area contributed by atoms with E-state index in [1.165, 1.54) is 11.3 Å². The molecule has 0 saturated heterocycles. The molecule has 4 rings (SSSR count). The number of para-hydroxylation sites is 2. The van der Waals surface area contributed by atoms with Crippen molar-refractivity contribution < 1.29 is 14.3 Å². The number of ether oxygens (including phenoxy) is 2. The molecule has 1 aromatic carbocycles. The van der Waals surface area contributed by atoms with Crippen molar-refractivity contribution in [2.45, 2.75) is 12.6 Å². The van der Waals surface area contributed by atoms with Crippen LogP contribution in [0.5, 0.6) is 11.5 Å². The van der Waals surface area contributed by atoms with E-state index in [0.717, 1.165) is 11.5 Å². The molecule has 0 aliphatic carbocycles. The number of aromatic nitrogens is 2. The Labute approximate surface area is 152 Å². The zero-order valence-corrected chi connectivity index (χ0v) is 14.6. The summed E-state index contributed by atoms with van der Waals surface area (Å²) in [5.41, 5.74) is 0.617. The Balaban J connectivity index is 1.38. The fraction of sp³-hybridized carbons (Fsp3) is 0.176. The molecule has 1 N–H and O–H groups in total. The predicted octanol–water partition coefficient (Wildman–Crippen LogP) is 3.69. The van der Waals surface area contributed by atoms with Gasteiger partial charge in [-0.05, 0) is 24.3 Å². The number of fused-ring (bicyclic) bond motifs is 1. The van der Waals surface area contributed by atoms with Gasteiger partial charge < -0.3 is 14.8 Å². The molecule has 0 spiro atoms. The first-order valence-corrected chi connectivity index (χ1v) is 8.84. The Kier molecular flexibility index (Phi) is 4.33. The summed E-state index contributed by atoms with van der Waals surface area (Å²) in [6.07, 6.45) is 3.22. The van der Waals surface area contributed by atoms with Gasteiger partial charge in [-0.2, -0.15) is 5.10 Å². The zero-order chi connectivity index (χ0) is 17.2. The molecular formula is C17H14ClN3O3S. The lowest BCUT2D eigenvalue weighted by molar-refractivity contribution is 0.0759. The van der Waals surface area contributed by atoms with Gasteiger partial charge in [0.2, 0.25) is 0 Å². The minimum atomic E-state index is -0.206. The Bertz CT molecular complexity index is 908. The molecule has 8 heteroatoms. The van der Waals surface area contributed by atoms with Gasteiger partial charge in [0.05, 0.1) is 27.6 Å². The lowest BCUT2D eigenvalue weighted by atomic mass is 10.2. The number of carbonyl (C=O) groups is 1. The van der Waals surface area contributed by atoms with Gasteiger partial charge in [-0.1, -0.05) is 23.7 Å². The van der Waals surface area contributed by atoms with E-state index in [9.17, 15) is 4.79 Å². The van der Waals surface area contributed by atoms with Crippen molar-refractivity contribution >= 4 is 34.5 Å². The van der Waals surface area contributed by atoms with Gasteiger partial charge in [0.25, 0.3) is 5.91 Å². The molecule has 1 aliphatic rings. The molecule has 0 bridgehead atoms. The number of thiophene rings is 1. The quantitative estimate of drug-likeness (QED) is 0.755. The first kappa shape index (κ1) is 16.0. The highest BCUT2D eigenvalue weighted by Gasteiger charge is 2.21. The van der Waals surface area contributed by atoms with Crippen LogP contribution in [0.25, 0.3) is 0 Å². The Hall–Kier alpha value is -2.51. The minimum absolute atomic E-state index is 0.144. The SMILES string of the molecule is O=C(Nc1cnn(CC2COc3ccccc3O2)c1)c1ccc(Cl)s1. The summed E-state index contributed by atoms with van der Waals surface area (Å²) >= 11 is 7.09. The number of carbonyl (C=O) groups excluding carboxylic acids is 1. The van der Waals surface area contributed by atoms with E-state index in [1.54, 1.807) is 29.2 Å². The average molecular weight is 376 g/mol. The van der Waals surface area contributed by atoms with Gasteiger partial charge in [-0.25, -0.2) is 0 Å². The highest BCUT2D eigenvalue weighted by molar-refractivity contribution is 7.18. The molecule has 25 heavy (non-hydrogen) atoms. The molecule has 3 aromatic rings. The van der Waals surface area contributed by atoms with Crippen molar-refractivity contribution in [3.05, 3.63) is 58.0 Å². The van der Waals surface area contributed by atoms with Crippen LogP contribution in [0.3, 0.4) is 0 Å². The number of halogens is 1. The minimum Gasteiger partial charge on any atom is -0.486 e. The van der Waals surface area contributed by atoms with Gasteiger partial charge in [-0.3, -0.25) is 9.48 Å². The van der Waals surface area contributed by atoms with Crippen LogP contribution < -0.4 is 14.8 Å². The third-order valence-corrected chi connectivity index (χ3v) is 4.88. The third-order valence-electron chi connectivity index (χ3n) is 3.65. The summed E-state index contributed by atoms with van der Waals surface area (Å²) in [6, 6.07) is 11.0. The van der Waals surface area contributed by atoms with Gasteiger partial charge in [-0.15, -0.1) is 11.3 Å². The number of anilines is 1. The van der Waals surface area contributed by atoms with E-state index in [0.29, 0.717) is 28.1 Å². The fourth-order valence-corrected chi connectivity index (χ4v) is 3.46. The lowest BCUT2D eigenvalue weighted by Crippen LogP contribution is -2.33. The van der Waals surface area contributed by atoms with Crippen molar-refractivity contribution in [3.8, 4) is 11.5 Å². The van der Waals surface area contributed by atoms with Gasteiger partial charge in [0.1, 0.15) is 6.61 Å². The highest BCUT2D eigenvalue weighted by atomic mass is 35.5. The van der Waals surface area contributed by atoms with E-state index in [4.69, 9.17) is 21.1 Å². The van der Waals surface area contributed by atoms with Crippen molar-refractivity contribution in [2.75, 3.05) is 11.9 Å². The summed E-state index contributed by atoms with van der Waals surface area (Å²) in [7, 11) is 0. The van der Waals surface area contributed by atoms with Crippen molar-refractivity contribution in [1.29, 1.82) is 0 Å². The molecule has 0 fully saturated rings. The number of amides is 1. The molecule has 128 valence electrons. The standard InChI is InChI=1S/C17H14ClN3O3S/c18-16-6-5-15(25-16)17(22)20-11-7-19-21(8-11)9-12-10-23-13-3-1-2-4-14(13)24-12/h1-8,12H,9-10H2,(H,20,22). The molecule has 3 heterocycles. The molecule has 0 saturated carbocycles. The van der Waals surface area contributed by atoms with Crippen LogP contribution in [0.2, 0.25) is 4.34 Å². The Morgan fingerprint density at radius 3 is 2.96 bits per heavy atom. The molecule has 1 aliphatic heterocycles. The van der Waals surface area contributed by atoms with Crippen molar-refractivity contribution in [3.63, 3.8) is 0 Å². The van der Waals surface area contributed by atoms with Crippen LogP contribution in [0.15, 0.2) is 48.8 Å². The van der Waals surface area contributed by atoms with Crippen molar-refractivity contribution in [1.82, 2.24) is 9.78 Å². The Morgan fingerprint density at radius 1 is 1.32 bits per heavy atom. The second-order valence-electron chi connectivity index (χ2n) is 5.51. The largest absolute Gasteiger partial charge is 0.486 e. The van der Waals surface area contributed by atoms with Crippen LogP contribution in [0, 0.1) is 0 Å². The third kappa shape index (κ3) is 3.62. The number of hydrogen-bond acceptors (Lipinski definition) is 5. The molecule has 2 aromatic heterocycles. The topological polar surface area (TPSA) is 65.4 Å². The molecule has 1 atom stereocenters. The highest BCUT2D eigenvalue weighted by Crippen LogP contribution is 2.31. The summed E-state index contributed by atoms with van der Waals surface area (Å²) in [4.78, 5) is 12.7. The maximum atomic E-state index is 12.1. The predicted molar refractivity (Wildman–Crippen MR) is 95.9 cm³/mol. The van der Waals surface area contributed by atoms with E-state index < -0.39 is 0 Å². The summed E-state index contributed by atoms with van der Waals surface area (Å²) in [5.74, 6) is 1.28. The number of hydrogen-bond donors (Lipinski definition) is 1. The number of rotatable bonds is 4. The smallest absolute Gasteiger partial charge is 0.265 e. The number of nitrogens with zero attached hydrogens (tertiary/aromatic N) is 2. The van der Waals surface area contributed by atoms with Crippen LogP contribution >= 0.6 is 22.9 Å². The second-order valence-corrected chi connectivity index (χ2v) is 7.22. The van der Waals surface area contributed by atoms with E-state index in [-0.39, 0.29) is 12.0 Å². The lowest BCUT2D eigenvalue weighted by Gasteiger charge is -2.26. The van der Waals surface area contributed by atoms with E-state index in [2.05, 4.69) is 10.4 Å². The van der Waals surface area contributed by atoms with Crippen LogP contribution in [-0.4, -0.2) is 28.4 Å². The van der Waals surface area contributed by atoms with Gasteiger partial charge in [0.15, 0.2) is 17.6 Å². The zero-order valence-electron chi connectivity index (χ0n) is 13.0. The number of benzene rings is 1. The molecular weight excluding hydrogens is 362 g/mol. The molecule has 1 unspecified atom stereocenters. The van der Waals surface area contributed by atoms with E-state index in [1.807, 2.05) is 24.3 Å². The second kappa shape index (κ2) is 6.78. The monoisotopic (exact) mass is 375 g/mol. The summed E-state index contributed by atoms with van der Waals surface area (Å²) in [6.45, 7) is 0.974. The van der Waals surface area contributed by atoms with Crippen LogP contribution in [0.1, 0.15) is 9.67 Å². The summed E-state index contributed by atoms with van der Waals surface area (Å²) < 4.78 is 13.9.